The van der Waals surface area contributed by atoms with Gasteiger partial charge in [0, 0.05) is 28.2 Å². The highest BCUT2D eigenvalue weighted by molar-refractivity contribution is 7.91. The fourth-order valence-electron chi connectivity index (χ4n) is 4.33. The van der Waals surface area contributed by atoms with E-state index in [9.17, 15) is 12.8 Å². The van der Waals surface area contributed by atoms with E-state index in [2.05, 4.69) is 32.5 Å². The van der Waals surface area contributed by atoms with Gasteiger partial charge >= 0.3 is 0 Å². The number of nitrogens with one attached hydrogen (secondary N) is 2. The van der Waals surface area contributed by atoms with Crippen molar-refractivity contribution < 1.29 is 12.8 Å². The zero-order valence-electron chi connectivity index (χ0n) is 22.5. The average molecular weight is 560 g/mol. The van der Waals surface area contributed by atoms with Crippen molar-refractivity contribution in [3.05, 3.63) is 70.1 Å². The minimum absolute atomic E-state index is 0.167. The van der Waals surface area contributed by atoms with E-state index in [0.717, 1.165) is 37.1 Å². The van der Waals surface area contributed by atoms with E-state index in [-0.39, 0.29) is 17.5 Å². The van der Waals surface area contributed by atoms with Gasteiger partial charge in [-0.25, -0.2) is 17.8 Å². The largest absolute Gasteiger partial charge is 0.340 e. The molecule has 3 aromatic rings. The lowest BCUT2D eigenvalue weighted by Gasteiger charge is -2.29. The van der Waals surface area contributed by atoms with Crippen molar-refractivity contribution in [1.29, 1.82) is 0 Å². The van der Waals surface area contributed by atoms with Gasteiger partial charge in [-0.3, -0.25) is 0 Å². The normalized spacial score (nSPS) is 15.4. The molecule has 1 aliphatic rings. The molecule has 0 bridgehead atoms. The summed E-state index contributed by atoms with van der Waals surface area (Å²) in [5.41, 5.74) is 3.27. The monoisotopic (exact) mass is 559 g/mol. The highest BCUT2D eigenvalue weighted by Gasteiger charge is 2.30. The first-order valence-corrected chi connectivity index (χ1v) is 14.7. The predicted molar refractivity (Wildman–Crippen MR) is 153 cm³/mol. The number of likely N-dealkylation sites (tertiary alicyclic amines) is 1. The van der Waals surface area contributed by atoms with Crippen LogP contribution >= 0.6 is 11.6 Å². The summed E-state index contributed by atoms with van der Waals surface area (Å²) in [6.07, 6.45) is 3.57. The minimum Gasteiger partial charge on any atom is -0.340 e. The fourth-order valence-corrected chi connectivity index (χ4v) is 5.68. The van der Waals surface area contributed by atoms with Crippen LogP contribution in [0.1, 0.15) is 56.2 Å². The Morgan fingerprint density at radius 2 is 1.74 bits per heavy atom. The Kier molecular flexibility index (Phi) is 8.30. The smallest absolute Gasteiger partial charge is 0.229 e. The number of nitrogens with zero attached hydrogens (tertiary/aromatic N) is 3. The molecule has 0 amide bonds. The first kappa shape index (κ1) is 28.3. The highest BCUT2D eigenvalue weighted by Crippen LogP contribution is 2.32. The van der Waals surface area contributed by atoms with Crippen LogP contribution in [-0.4, -0.2) is 48.2 Å². The second-order valence-electron chi connectivity index (χ2n) is 11.0. The predicted octanol–water partition coefficient (Wildman–Crippen LogP) is 6.59. The van der Waals surface area contributed by atoms with Gasteiger partial charge < -0.3 is 15.5 Å². The van der Waals surface area contributed by atoms with Crippen LogP contribution in [0.2, 0.25) is 5.02 Å². The van der Waals surface area contributed by atoms with E-state index in [4.69, 9.17) is 11.6 Å². The maximum absolute atomic E-state index is 15.0. The number of hydrogen-bond acceptors (Lipinski definition) is 7. The topological polar surface area (TPSA) is 87.2 Å². The van der Waals surface area contributed by atoms with Crippen LogP contribution in [0.4, 0.5) is 27.5 Å². The summed E-state index contributed by atoms with van der Waals surface area (Å²) >= 11 is 6.32. The lowest BCUT2D eigenvalue weighted by molar-refractivity contribution is 0.253. The molecule has 38 heavy (non-hydrogen) atoms. The Hall–Kier alpha value is -2.75. The Bertz CT molecular complexity index is 1420. The zero-order valence-corrected chi connectivity index (χ0v) is 24.0. The molecule has 0 unspecified atom stereocenters. The Morgan fingerprint density at radius 3 is 2.39 bits per heavy atom. The maximum Gasteiger partial charge on any atom is 0.229 e. The van der Waals surface area contributed by atoms with Gasteiger partial charge in [-0.05, 0) is 108 Å². The Balaban J connectivity index is 1.51. The van der Waals surface area contributed by atoms with Gasteiger partial charge in [0.2, 0.25) is 5.95 Å². The fraction of sp³-hybridized carbons (Fsp3) is 0.429. The van der Waals surface area contributed by atoms with E-state index in [1.54, 1.807) is 45.2 Å². The van der Waals surface area contributed by atoms with Crippen LogP contribution < -0.4 is 10.6 Å². The second kappa shape index (κ2) is 11.2. The molecule has 0 saturated carbocycles. The van der Waals surface area contributed by atoms with Crippen LogP contribution in [0.5, 0.6) is 0 Å². The van der Waals surface area contributed by atoms with Crippen molar-refractivity contribution in [2.45, 2.75) is 57.0 Å². The third kappa shape index (κ3) is 6.62. The number of aryl methyl sites for hydroxylation is 1. The van der Waals surface area contributed by atoms with Gasteiger partial charge in [0.1, 0.15) is 11.6 Å². The molecule has 0 radical (unpaired) electrons. The van der Waals surface area contributed by atoms with E-state index >= 15 is 0 Å². The third-order valence-corrected chi connectivity index (χ3v) is 9.90. The lowest BCUT2D eigenvalue weighted by atomic mass is 9.89. The van der Waals surface area contributed by atoms with E-state index in [0.29, 0.717) is 33.7 Å². The van der Waals surface area contributed by atoms with E-state index < -0.39 is 14.6 Å². The van der Waals surface area contributed by atoms with Gasteiger partial charge in [-0.1, -0.05) is 17.7 Å². The second-order valence-corrected chi connectivity index (χ2v) is 14.1. The molecule has 2 N–H and O–H groups in total. The van der Waals surface area contributed by atoms with E-state index in [1.165, 1.54) is 6.07 Å². The summed E-state index contributed by atoms with van der Waals surface area (Å²) in [7, 11) is -1.32. The van der Waals surface area contributed by atoms with Gasteiger partial charge in [-0.2, -0.15) is 4.98 Å². The van der Waals surface area contributed by atoms with Crippen molar-refractivity contribution in [2.24, 2.45) is 0 Å². The molecule has 0 aliphatic carbocycles. The van der Waals surface area contributed by atoms with Crippen molar-refractivity contribution >= 4 is 44.6 Å². The van der Waals surface area contributed by atoms with Crippen LogP contribution in [0.25, 0.3) is 0 Å². The Labute approximate surface area is 229 Å². The highest BCUT2D eigenvalue weighted by atomic mass is 35.5. The first-order valence-electron chi connectivity index (χ1n) is 12.7. The number of piperidine rings is 1. The molecule has 2 aromatic carbocycles. The lowest BCUT2D eigenvalue weighted by Crippen LogP contribution is -2.29. The minimum atomic E-state index is -3.41. The summed E-state index contributed by atoms with van der Waals surface area (Å²) in [5.74, 6) is 0.689. The number of hydrogen-bond donors (Lipinski definition) is 2. The molecule has 1 fully saturated rings. The van der Waals surface area contributed by atoms with Crippen LogP contribution in [0.3, 0.4) is 0 Å². The van der Waals surface area contributed by atoms with Crippen molar-refractivity contribution in [1.82, 2.24) is 14.9 Å². The number of rotatable bonds is 7. The summed E-state index contributed by atoms with van der Waals surface area (Å²) in [5, 5.41) is 6.71. The standard InChI is InChI=1S/C28H35ClFN5O2S/c1-18-16-31-27(33-22-6-8-23(25(30)15-22)19-10-12-35(5)13-11-19)34-26(18)32-21-7-9-24(29)20(14-21)17-38(36,37)28(2,3)4/h6-9,14-16,19H,10-13,17H2,1-5H3,(H2,31,32,33,34). The van der Waals surface area contributed by atoms with Gasteiger partial charge in [0.15, 0.2) is 9.84 Å². The molecule has 1 aliphatic heterocycles. The number of anilines is 4. The molecule has 4 rings (SSSR count). The summed E-state index contributed by atoms with van der Waals surface area (Å²) < 4.78 is 39.5. The molecule has 7 nitrogen and oxygen atoms in total. The maximum atomic E-state index is 15.0. The number of benzene rings is 2. The van der Waals surface area contributed by atoms with Crippen LogP contribution in [0, 0.1) is 12.7 Å². The molecule has 0 atom stereocenters. The van der Waals surface area contributed by atoms with Crippen LogP contribution in [-0.2, 0) is 15.6 Å². The van der Waals surface area contributed by atoms with Crippen molar-refractivity contribution in [3.8, 4) is 0 Å². The first-order chi connectivity index (χ1) is 17.8. The molecule has 1 aromatic heterocycles. The quantitative estimate of drug-likeness (QED) is 0.338. The van der Waals surface area contributed by atoms with Crippen molar-refractivity contribution in [2.75, 3.05) is 30.8 Å². The molecule has 2 heterocycles. The van der Waals surface area contributed by atoms with E-state index in [1.807, 2.05) is 19.1 Å². The van der Waals surface area contributed by atoms with Gasteiger partial charge in [0.05, 0.1) is 10.5 Å². The molecule has 1 saturated heterocycles. The average Bonchev–Trinajstić information content (AvgIpc) is 2.83. The summed E-state index contributed by atoms with van der Waals surface area (Å²) in [6.45, 7) is 8.82. The third-order valence-electron chi connectivity index (χ3n) is 6.97. The summed E-state index contributed by atoms with van der Waals surface area (Å²) in [4.78, 5) is 11.2. The summed E-state index contributed by atoms with van der Waals surface area (Å²) in [6, 6.07) is 10.3. The van der Waals surface area contributed by atoms with Gasteiger partial charge in [0.25, 0.3) is 0 Å². The molecule has 10 heteroatoms. The van der Waals surface area contributed by atoms with Crippen LogP contribution in [0.15, 0.2) is 42.6 Å². The van der Waals surface area contributed by atoms with Gasteiger partial charge in [-0.15, -0.1) is 0 Å². The molecule has 204 valence electrons. The Morgan fingerprint density at radius 1 is 1.08 bits per heavy atom. The number of aromatic nitrogens is 2. The zero-order chi connectivity index (χ0) is 27.7. The molecule has 0 spiro atoms. The number of sulfone groups is 1. The SMILES string of the molecule is Cc1cnc(Nc2ccc(C3CCN(C)CC3)c(F)c2)nc1Nc1ccc(Cl)c(CS(=O)(=O)C(C)(C)C)c1. The molecular formula is C28H35ClFN5O2S. The number of halogens is 2. The van der Waals surface area contributed by atoms with Crippen molar-refractivity contribution in [3.63, 3.8) is 0 Å². The molecular weight excluding hydrogens is 525 g/mol.